The van der Waals surface area contributed by atoms with Crippen LogP contribution < -0.4 is 9.80 Å². The number of nitrogens with zero attached hydrogens (tertiary/aromatic N) is 4. The highest BCUT2D eigenvalue weighted by atomic mass is 16.2. The van der Waals surface area contributed by atoms with Crippen LogP contribution in [0.15, 0.2) is 18.2 Å². The van der Waals surface area contributed by atoms with E-state index in [0.29, 0.717) is 19.5 Å². The lowest BCUT2D eigenvalue weighted by Crippen LogP contribution is -2.49. The van der Waals surface area contributed by atoms with E-state index in [1.807, 2.05) is 34.9 Å². The fraction of sp³-hybridized carbons (Fsp3) is 0.571. The maximum absolute atomic E-state index is 12.9. The standard InChI is InChI=1S/C21H28N4O3/c1-3-19(26)24-7-6-15-12-17(4-5-18(15)24)25-14-16(13-20(25)27)21(28)23-10-8-22(2)9-11-23/h4-5,12,16H,3,6-11,13-14H2,1-2H3. The van der Waals surface area contributed by atoms with Crippen molar-refractivity contribution in [2.24, 2.45) is 5.92 Å². The Morgan fingerprint density at radius 2 is 1.86 bits per heavy atom. The third-order valence-corrected chi connectivity index (χ3v) is 6.16. The minimum atomic E-state index is -0.262. The third kappa shape index (κ3) is 3.39. The highest BCUT2D eigenvalue weighted by Gasteiger charge is 2.38. The second kappa shape index (κ2) is 7.54. The molecule has 7 heteroatoms. The van der Waals surface area contributed by atoms with E-state index in [1.54, 1.807) is 4.90 Å². The summed E-state index contributed by atoms with van der Waals surface area (Å²) in [5, 5.41) is 0. The second-order valence-corrected chi connectivity index (χ2v) is 8.00. The van der Waals surface area contributed by atoms with Crippen molar-refractivity contribution >= 4 is 29.1 Å². The van der Waals surface area contributed by atoms with Crippen molar-refractivity contribution in [3.8, 4) is 0 Å². The van der Waals surface area contributed by atoms with Gasteiger partial charge in [-0.3, -0.25) is 14.4 Å². The van der Waals surface area contributed by atoms with Gasteiger partial charge >= 0.3 is 0 Å². The van der Waals surface area contributed by atoms with E-state index in [4.69, 9.17) is 0 Å². The molecule has 0 spiro atoms. The number of piperazine rings is 1. The predicted octanol–water partition coefficient (Wildman–Crippen LogP) is 1.11. The van der Waals surface area contributed by atoms with E-state index >= 15 is 0 Å². The molecule has 0 saturated carbocycles. The van der Waals surface area contributed by atoms with Crippen molar-refractivity contribution in [1.82, 2.24) is 9.80 Å². The first-order valence-corrected chi connectivity index (χ1v) is 10.2. The van der Waals surface area contributed by atoms with E-state index in [2.05, 4.69) is 11.9 Å². The van der Waals surface area contributed by atoms with Gasteiger partial charge in [0.2, 0.25) is 17.7 Å². The van der Waals surface area contributed by atoms with Gasteiger partial charge in [-0.1, -0.05) is 6.92 Å². The van der Waals surface area contributed by atoms with Gasteiger partial charge in [-0.25, -0.2) is 0 Å². The van der Waals surface area contributed by atoms with Crippen LogP contribution >= 0.6 is 0 Å². The Kier molecular flexibility index (Phi) is 5.10. The van der Waals surface area contributed by atoms with Crippen LogP contribution in [0.4, 0.5) is 11.4 Å². The largest absolute Gasteiger partial charge is 0.340 e. The van der Waals surface area contributed by atoms with E-state index in [1.165, 1.54) is 0 Å². The van der Waals surface area contributed by atoms with Crippen molar-refractivity contribution < 1.29 is 14.4 Å². The molecule has 3 aliphatic heterocycles. The molecule has 2 fully saturated rings. The number of carbonyl (C=O) groups is 3. The zero-order valence-corrected chi connectivity index (χ0v) is 16.7. The molecule has 1 aromatic carbocycles. The molecule has 1 unspecified atom stereocenters. The number of benzene rings is 1. The Labute approximate surface area is 165 Å². The summed E-state index contributed by atoms with van der Waals surface area (Å²) in [6, 6.07) is 5.85. The van der Waals surface area contributed by atoms with Gasteiger partial charge in [-0.15, -0.1) is 0 Å². The molecular formula is C21H28N4O3. The van der Waals surface area contributed by atoms with E-state index in [-0.39, 0.29) is 30.1 Å². The summed E-state index contributed by atoms with van der Waals surface area (Å²) in [5.41, 5.74) is 2.89. The van der Waals surface area contributed by atoms with Crippen LogP contribution in [0.1, 0.15) is 25.3 Å². The molecule has 1 aromatic rings. The van der Waals surface area contributed by atoms with Gasteiger partial charge in [-0.05, 0) is 37.2 Å². The van der Waals surface area contributed by atoms with Crippen LogP contribution in [0.3, 0.4) is 0 Å². The summed E-state index contributed by atoms with van der Waals surface area (Å²) in [4.78, 5) is 45.2. The SMILES string of the molecule is CCC(=O)N1CCc2cc(N3CC(C(=O)N4CCN(C)CC4)CC3=O)ccc21. The molecule has 3 amide bonds. The Hall–Kier alpha value is -2.41. The average Bonchev–Trinajstić information content (AvgIpc) is 3.30. The van der Waals surface area contributed by atoms with Crippen LogP contribution in [0.2, 0.25) is 0 Å². The fourth-order valence-electron chi connectivity index (χ4n) is 4.41. The smallest absolute Gasteiger partial charge is 0.228 e. The Morgan fingerprint density at radius 1 is 1.11 bits per heavy atom. The van der Waals surface area contributed by atoms with Crippen LogP contribution in [0.5, 0.6) is 0 Å². The molecule has 0 aromatic heterocycles. The Morgan fingerprint density at radius 3 is 2.57 bits per heavy atom. The molecule has 0 radical (unpaired) electrons. The number of hydrogen-bond acceptors (Lipinski definition) is 4. The van der Waals surface area contributed by atoms with E-state index < -0.39 is 0 Å². The first-order valence-electron chi connectivity index (χ1n) is 10.2. The third-order valence-electron chi connectivity index (χ3n) is 6.16. The minimum absolute atomic E-state index is 0.00640. The summed E-state index contributed by atoms with van der Waals surface area (Å²) in [5.74, 6) is -0.0272. The van der Waals surface area contributed by atoms with Crippen LogP contribution in [0.25, 0.3) is 0 Å². The number of fused-ring (bicyclic) bond motifs is 1. The molecule has 0 N–H and O–H groups in total. The number of rotatable bonds is 3. The number of carbonyl (C=O) groups excluding carboxylic acids is 3. The lowest BCUT2D eigenvalue weighted by Gasteiger charge is -2.33. The predicted molar refractivity (Wildman–Crippen MR) is 107 cm³/mol. The summed E-state index contributed by atoms with van der Waals surface area (Å²) in [6.45, 7) is 6.25. The monoisotopic (exact) mass is 384 g/mol. The molecule has 0 bridgehead atoms. The van der Waals surface area contributed by atoms with Crippen molar-refractivity contribution in [2.75, 3.05) is 56.1 Å². The lowest BCUT2D eigenvalue weighted by molar-refractivity contribution is -0.137. The molecule has 1 atom stereocenters. The van der Waals surface area contributed by atoms with Crippen molar-refractivity contribution in [2.45, 2.75) is 26.2 Å². The molecule has 3 aliphatic rings. The van der Waals surface area contributed by atoms with Crippen molar-refractivity contribution in [1.29, 1.82) is 0 Å². The zero-order valence-electron chi connectivity index (χ0n) is 16.7. The fourth-order valence-corrected chi connectivity index (χ4v) is 4.41. The number of anilines is 2. The van der Waals surface area contributed by atoms with Crippen LogP contribution in [-0.4, -0.2) is 73.8 Å². The number of likely N-dealkylation sites (N-methyl/N-ethyl adjacent to an activating group) is 1. The Balaban J connectivity index is 1.46. The van der Waals surface area contributed by atoms with Crippen LogP contribution in [0, 0.1) is 5.92 Å². The highest BCUT2D eigenvalue weighted by molar-refractivity contribution is 6.01. The van der Waals surface area contributed by atoms with Gasteiger partial charge in [0.15, 0.2) is 0 Å². The van der Waals surface area contributed by atoms with E-state index in [9.17, 15) is 14.4 Å². The topological polar surface area (TPSA) is 64.2 Å². The quantitative estimate of drug-likeness (QED) is 0.783. The first-order chi connectivity index (χ1) is 13.5. The van der Waals surface area contributed by atoms with Crippen molar-refractivity contribution in [3.63, 3.8) is 0 Å². The highest BCUT2D eigenvalue weighted by Crippen LogP contribution is 2.34. The molecule has 150 valence electrons. The van der Waals surface area contributed by atoms with Crippen molar-refractivity contribution in [3.05, 3.63) is 23.8 Å². The van der Waals surface area contributed by atoms with Gasteiger partial charge in [0.1, 0.15) is 0 Å². The molecule has 2 saturated heterocycles. The minimum Gasteiger partial charge on any atom is -0.340 e. The van der Waals surface area contributed by atoms with E-state index in [0.717, 1.165) is 49.5 Å². The molecule has 7 nitrogen and oxygen atoms in total. The lowest BCUT2D eigenvalue weighted by atomic mass is 10.1. The van der Waals surface area contributed by atoms with Gasteiger partial charge in [0, 0.05) is 63.5 Å². The average molecular weight is 384 g/mol. The van der Waals surface area contributed by atoms with Gasteiger partial charge in [0.05, 0.1) is 5.92 Å². The Bertz CT molecular complexity index is 801. The first kappa shape index (κ1) is 18.9. The molecule has 4 rings (SSSR count). The summed E-state index contributed by atoms with van der Waals surface area (Å²) < 4.78 is 0. The molecule has 3 heterocycles. The summed E-state index contributed by atoms with van der Waals surface area (Å²) in [7, 11) is 2.06. The maximum atomic E-state index is 12.9. The number of hydrogen-bond donors (Lipinski definition) is 0. The second-order valence-electron chi connectivity index (χ2n) is 8.00. The zero-order chi connectivity index (χ0) is 19.8. The normalized spacial score (nSPS) is 22.7. The molecular weight excluding hydrogens is 356 g/mol. The molecule has 0 aliphatic carbocycles. The molecule has 28 heavy (non-hydrogen) atoms. The van der Waals surface area contributed by atoms with Gasteiger partial charge < -0.3 is 19.6 Å². The maximum Gasteiger partial charge on any atom is 0.228 e. The summed E-state index contributed by atoms with van der Waals surface area (Å²) in [6.07, 6.45) is 1.57. The van der Waals surface area contributed by atoms with Gasteiger partial charge in [0.25, 0.3) is 0 Å². The van der Waals surface area contributed by atoms with Gasteiger partial charge in [-0.2, -0.15) is 0 Å². The number of amides is 3. The summed E-state index contributed by atoms with van der Waals surface area (Å²) >= 11 is 0. The van der Waals surface area contributed by atoms with Crippen LogP contribution in [-0.2, 0) is 20.8 Å².